The molecule has 9 nitrogen and oxygen atoms in total. The van der Waals surface area contributed by atoms with Crippen LogP contribution in [0.15, 0.2) is 34.5 Å². The van der Waals surface area contributed by atoms with Crippen LogP contribution in [0, 0.1) is 31.0 Å². The van der Waals surface area contributed by atoms with Gasteiger partial charge in [0.1, 0.15) is 24.0 Å². The fraction of sp³-hybridized carbons (Fsp3) is 0.464. The van der Waals surface area contributed by atoms with Crippen molar-refractivity contribution >= 4 is 24.3 Å². The van der Waals surface area contributed by atoms with Gasteiger partial charge in [-0.15, -0.1) is 5.10 Å². The molecule has 0 saturated carbocycles. The van der Waals surface area contributed by atoms with Crippen LogP contribution in [0.2, 0.25) is 0 Å². The number of hydrogen-bond donors (Lipinski definition) is 0. The summed E-state index contributed by atoms with van der Waals surface area (Å²) in [6, 6.07) is 9.23. The van der Waals surface area contributed by atoms with E-state index in [9.17, 15) is 14.4 Å². The number of carbonyl (C=O) groups excluding carboxylic acids is 1. The molecule has 1 aromatic heterocycles. The van der Waals surface area contributed by atoms with E-state index in [1.165, 1.54) is 6.07 Å². The molecule has 38 heavy (non-hydrogen) atoms. The summed E-state index contributed by atoms with van der Waals surface area (Å²) in [6.45, 7) is 8.90. The minimum absolute atomic E-state index is 0.0737. The van der Waals surface area contributed by atoms with Crippen LogP contribution in [0.25, 0.3) is 0 Å². The average molecular weight is 518 g/mol. The number of nitriles is 1. The third-order valence-corrected chi connectivity index (χ3v) is 7.79. The largest absolute Gasteiger partial charge is 0.370 e. The molecule has 3 aliphatic heterocycles. The smallest absolute Gasteiger partial charge is 0.227 e. The highest BCUT2D eigenvalue weighted by molar-refractivity contribution is 5.82. The number of benzene rings is 1. The van der Waals surface area contributed by atoms with Crippen molar-refractivity contribution in [2.45, 2.75) is 51.8 Å². The van der Waals surface area contributed by atoms with E-state index >= 15 is 0 Å². The van der Waals surface area contributed by atoms with Gasteiger partial charge in [-0.1, -0.05) is 12.1 Å². The molecule has 0 N–H and O–H groups in total. The molecule has 0 radical (unpaired) electrons. The van der Waals surface area contributed by atoms with Gasteiger partial charge in [-0.2, -0.15) is 10.4 Å². The number of halogens is 1. The van der Waals surface area contributed by atoms with E-state index in [4.69, 9.17) is 9.72 Å². The van der Waals surface area contributed by atoms with Crippen molar-refractivity contribution in [1.29, 1.82) is 5.26 Å². The lowest BCUT2D eigenvalue weighted by atomic mass is 9.96. The molecule has 1 amide bonds. The number of carbonyl (C=O) groups is 1. The minimum atomic E-state index is -0.505. The number of anilines is 1. The van der Waals surface area contributed by atoms with Gasteiger partial charge in [0.25, 0.3) is 0 Å². The molecule has 5 rings (SSSR count). The lowest BCUT2D eigenvalue weighted by molar-refractivity contribution is -0.139. The van der Waals surface area contributed by atoms with Gasteiger partial charge in [-0.3, -0.25) is 9.69 Å². The number of nitrogens with zero attached hydrogens (tertiary/aromatic N) is 7. The number of aryl methyl sites for hydroxylation is 1. The van der Waals surface area contributed by atoms with Crippen molar-refractivity contribution in [3.05, 3.63) is 58.0 Å². The second-order valence-corrected chi connectivity index (χ2v) is 10.2. The van der Waals surface area contributed by atoms with Crippen LogP contribution in [0.3, 0.4) is 0 Å². The van der Waals surface area contributed by atoms with E-state index in [0.29, 0.717) is 38.2 Å². The summed E-state index contributed by atoms with van der Waals surface area (Å²) in [5.74, 6) is 0.367. The highest BCUT2D eigenvalue weighted by Crippen LogP contribution is 2.31. The Morgan fingerprint density at radius 2 is 2.03 bits per heavy atom. The zero-order chi connectivity index (χ0) is 26.8. The monoisotopic (exact) mass is 517 g/mol. The maximum Gasteiger partial charge on any atom is 0.227 e. The quantitative estimate of drug-likeness (QED) is 0.618. The highest BCUT2D eigenvalue weighted by Gasteiger charge is 2.36. The van der Waals surface area contributed by atoms with Crippen LogP contribution in [0.5, 0.6) is 0 Å². The molecule has 2 fully saturated rings. The SMILES string of the molecule is Cc1nc(N2C=NN=CCC2C)ccc1CC(=O)N1CCN2CC(c3ccc(F)c(C#N)c3C)OCC2C1. The van der Waals surface area contributed by atoms with Crippen molar-refractivity contribution in [3.8, 4) is 6.07 Å². The first-order valence-electron chi connectivity index (χ1n) is 13.0. The molecular weight excluding hydrogens is 485 g/mol. The zero-order valence-corrected chi connectivity index (χ0v) is 22.0. The Balaban J connectivity index is 1.20. The van der Waals surface area contributed by atoms with E-state index in [0.717, 1.165) is 35.6 Å². The zero-order valence-electron chi connectivity index (χ0n) is 22.0. The fourth-order valence-corrected chi connectivity index (χ4v) is 5.41. The van der Waals surface area contributed by atoms with Crippen molar-refractivity contribution in [3.63, 3.8) is 0 Å². The third-order valence-electron chi connectivity index (χ3n) is 7.79. The molecule has 2 saturated heterocycles. The molecular formula is C28H32FN7O2. The summed E-state index contributed by atoms with van der Waals surface area (Å²) in [5.41, 5.74) is 3.29. The molecule has 0 spiro atoms. The summed E-state index contributed by atoms with van der Waals surface area (Å²) >= 11 is 0. The molecule has 0 aliphatic carbocycles. The summed E-state index contributed by atoms with van der Waals surface area (Å²) < 4.78 is 20.1. The van der Waals surface area contributed by atoms with Crippen molar-refractivity contribution < 1.29 is 13.9 Å². The van der Waals surface area contributed by atoms with Crippen molar-refractivity contribution in [1.82, 2.24) is 14.8 Å². The lowest BCUT2D eigenvalue weighted by Gasteiger charge is -2.46. The Hall–Kier alpha value is -3.68. The summed E-state index contributed by atoms with van der Waals surface area (Å²) in [4.78, 5) is 24.2. The fourth-order valence-electron chi connectivity index (χ4n) is 5.41. The minimum Gasteiger partial charge on any atom is -0.370 e. The predicted octanol–water partition coefficient (Wildman–Crippen LogP) is 3.15. The first kappa shape index (κ1) is 25.9. The van der Waals surface area contributed by atoms with Crippen LogP contribution in [-0.2, 0) is 16.0 Å². The maximum atomic E-state index is 14.0. The maximum absolute atomic E-state index is 14.0. The second kappa shape index (κ2) is 11.0. The summed E-state index contributed by atoms with van der Waals surface area (Å²) in [5, 5.41) is 17.3. The number of pyridine rings is 1. The number of aromatic nitrogens is 1. The van der Waals surface area contributed by atoms with Crippen molar-refractivity contribution in [2.75, 3.05) is 37.7 Å². The van der Waals surface area contributed by atoms with E-state index in [-0.39, 0.29) is 29.7 Å². The van der Waals surface area contributed by atoms with Gasteiger partial charge in [-0.05, 0) is 49.6 Å². The van der Waals surface area contributed by atoms with Gasteiger partial charge in [-0.25, -0.2) is 9.37 Å². The highest BCUT2D eigenvalue weighted by atomic mass is 19.1. The Morgan fingerprint density at radius 3 is 2.82 bits per heavy atom. The molecule has 3 unspecified atom stereocenters. The molecule has 1 aromatic carbocycles. The average Bonchev–Trinajstić information content (AvgIpc) is 3.13. The first-order chi connectivity index (χ1) is 18.4. The Labute approximate surface area is 222 Å². The van der Waals surface area contributed by atoms with Crippen LogP contribution >= 0.6 is 0 Å². The van der Waals surface area contributed by atoms with Gasteiger partial charge >= 0.3 is 0 Å². The van der Waals surface area contributed by atoms with E-state index in [1.807, 2.05) is 34.9 Å². The standard InChI is InChI=1S/C28H32FN7O2/c1-18-8-9-31-32-17-36(18)27-7-4-21(20(3)33-27)12-28(37)35-11-10-34-15-26(38-16-22(34)14-35)23-5-6-25(29)24(13-30)19(23)2/h4-7,9,17-18,22,26H,8,10-12,14-16H2,1-3H3. The van der Waals surface area contributed by atoms with E-state index < -0.39 is 5.82 Å². The number of piperazine rings is 1. The molecule has 0 bridgehead atoms. The molecule has 2 aromatic rings. The van der Waals surface area contributed by atoms with E-state index in [2.05, 4.69) is 22.0 Å². The van der Waals surface area contributed by atoms with Crippen LogP contribution < -0.4 is 4.90 Å². The van der Waals surface area contributed by atoms with Crippen LogP contribution in [0.4, 0.5) is 10.2 Å². The predicted molar refractivity (Wildman–Crippen MR) is 143 cm³/mol. The number of rotatable bonds is 4. The molecule has 3 aliphatic rings. The Bertz CT molecular complexity index is 1320. The topological polar surface area (TPSA) is 97.4 Å². The number of amides is 1. The summed E-state index contributed by atoms with van der Waals surface area (Å²) in [6.07, 6.45) is 4.34. The third kappa shape index (κ3) is 5.17. The van der Waals surface area contributed by atoms with Gasteiger partial charge in [0, 0.05) is 50.6 Å². The van der Waals surface area contributed by atoms with Crippen LogP contribution in [0.1, 0.15) is 47.4 Å². The normalized spacial score (nSPS) is 23.6. The van der Waals surface area contributed by atoms with Gasteiger partial charge < -0.3 is 14.5 Å². The van der Waals surface area contributed by atoms with E-state index in [1.54, 1.807) is 25.5 Å². The molecule has 198 valence electrons. The molecule has 4 heterocycles. The second-order valence-electron chi connectivity index (χ2n) is 10.2. The Kier molecular flexibility index (Phi) is 7.49. The Morgan fingerprint density at radius 1 is 1.18 bits per heavy atom. The molecule has 3 atom stereocenters. The first-order valence-corrected chi connectivity index (χ1v) is 13.0. The lowest BCUT2D eigenvalue weighted by Crippen LogP contribution is -2.59. The number of morpholine rings is 1. The number of ether oxygens (including phenoxy) is 1. The number of hydrogen-bond acceptors (Lipinski definition) is 8. The van der Waals surface area contributed by atoms with Crippen molar-refractivity contribution in [2.24, 2.45) is 10.2 Å². The van der Waals surface area contributed by atoms with Gasteiger partial charge in [0.2, 0.25) is 5.91 Å². The van der Waals surface area contributed by atoms with Gasteiger partial charge in [0.05, 0.1) is 30.7 Å². The summed E-state index contributed by atoms with van der Waals surface area (Å²) in [7, 11) is 0. The number of fused-ring (bicyclic) bond motifs is 1. The molecule has 10 heteroatoms. The van der Waals surface area contributed by atoms with Crippen LogP contribution in [-0.4, -0.2) is 78.1 Å². The van der Waals surface area contributed by atoms with Gasteiger partial charge in [0.15, 0.2) is 0 Å².